The largest absolute Gasteiger partial charge is 0.480 e. The van der Waals surface area contributed by atoms with Crippen molar-refractivity contribution in [3.05, 3.63) is 11.1 Å². The Labute approximate surface area is 92.4 Å². The van der Waals surface area contributed by atoms with Crippen molar-refractivity contribution in [1.29, 1.82) is 0 Å². The number of aromatic nitrogens is 1. The first-order valence-corrected chi connectivity index (χ1v) is 5.42. The van der Waals surface area contributed by atoms with E-state index in [1.54, 1.807) is 0 Å². The number of carboxylic acids is 1. The number of rotatable bonds is 5. The summed E-state index contributed by atoms with van der Waals surface area (Å²) in [6.45, 7) is 1.99. The summed E-state index contributed by atoms with van der Waals surface area (Å²) in [5.41, 5.74) is 0.951. The molecule has 1 atom stereocenters. The molecule has 0 amide bonds. The lowest BCUT2D eigenvalue weighted by atomic mass is 10.2. The molecule has 1 unspecified atom stereocenters. The van der Waals surface area contributed by atoms with E-state index in [2.05, 4.69) is 16.2 Å². The highest BCUT2D eigenvalue weighted by atomic mass is 32.1. The normalized spacial score (nSPS) is 11.7. The van der Waals surface area contributed by atoms with Crippen LogP contribution in [0, 0.1) is 12.3 Å². The highest BCUT2D eigenvalue weighted by molar-refractivity contribution is 7.13. The van der Waals surface area contributed by atoms with Crippen LogP contribution in [0.4, 0.5) is 5.13 Å². The minimum absolute atomic E-state index is 0.149. The van der Waals surface area contributed by atoms with Crippen molar-refractivity contribution in [2.45, 2.75) is 25.8 Å². The van der Waals surface area contributed by atoms with Crippen molar-refractivity contribution in [1.82, 2.24) is 4.98 Å². The molecule has 5 heteroatoms. The monoisotopic (exact) mass is 224 g/mol. The van der Waals surface area contributed by atoms with Gasteiger partial charge >= 0.3 is 5.97 Å². The Bertz CT molecular complexity index is 381. The zero-order valence-corrected chi connectivity index (χ0v) is 9.17. The van der Waals surface area contributed by atoms with Crippen molar-refractivity contribution >= 4 is 22.4 Å². The van der Waals surface area contributed by atoms with Crippen LogP contribution in [-0.2, 0) is 11.2 Å². The van der Waals surface area contributed by atoms with E-state index < -0.39 is 12.0 Å². The van der Waals surface area contributed by atoms with E-state index in [1.807, 2.05) is 12.3 Å². The number of hydrogen-bond acceptors (Lipinski definition) is 4. The van der Waals surface area contributed by atoms with Crippen LogP contribution in [0.2, 0.25) is 0 Å². The number of nitrogens with zero attached hydrogens (tertiary/aromatic N) is 1. The number of nitrogens with one attached hydrogen (secondary N) is 1. The third-order valence-electron chi connectivity index (χ3n) is 1.83. The molecule has 0 radical (unpaired) electrons. The molecule has 80 valence electrons. The third kappa shape index (κ3) is 3.26. The molecule has 0 aliphatic carbocycles. The van der Waals surface area contributed by atoms with Gasteiger partial charge in [0.1, 0.15) is 6.04 Å². The number of hydrogen-bond donors (Lipinski definition) is 2. The predicted molar refractivity (Wildman–Crippen MR) is 60.0 cm³/mol. The molecule has 0 saturated heterocycles. The van der Waals surface area contributed by atoms with Crippen LogP contribution in [0.15, 0.2) is 5.38 Å². The van der Waals surface area contributed by atoms with Gasteiger partial charge in [-0.1, -0.05) is 6.92 Å². The van der Waals surface area contributed by atoms with E-state index >= 15 is 0 Å². The first kappa shape index (κ1) is 11.5. The highest BCUT2D eigenvalue weighted by Crippen LogP contribution is 2.17. The van der Waals surface area contributed by atoms with E-state index in [1.165, 1.54) is 11.3 Å². The van der Waals surface area contributed by atoms with Crippen molar-refractivity contribution in [3.8, 4) is 12.3 Å². The molecule has 0 saturated carbocycles. The lowest BCUT2D eigenvalue weighted by Crippen LogP contribution is -2.28. The van der Waals surface area contributed by atoms with Gasteiger partial charge in [0, 0.05) is 11.8 Å². The molecule has 0 aromatic carbocycles. The highest BCUT2D eigenvalue weighted by Gasteiger charge is 2.16. The molecular formula is C10H12N2O2S. The topological polar surface area (TPSA) is 62.2 Å². The smallest absolute Gasteiger partial charge is 0.327 e. The summed E-state index contributed by atoms with van der Waals surface area (Å²) in [5.74, 6) is 1.37. The van der Waals surface area contributed by atoms with Crippen molar-refractivity contribution in [3.63, 3.8) is 0 Å². The first-order chi connectivity index (χ1) is 7.17. The Hall–Kier alpha value is -1.54. The van der Waals surface area contributed by atoms with Crippen LogP contribution >= 0.6 is 11.3 Å². The van der Waals surface area contributed by atoms with E-state index in [0.717, 1.165) is 12.1 Å². The van der Waals surface area contributed by atoms with Gasteiger partial charge in [0.25, 0.3) is 0 Å². The number of aryl methyl sites for hydroxylation is 1. The second-order valence-electron chi connectivity index (χ2n) is 2.94. The van der Waals surface area contributed by atoms with Crippen molar-refractivity contribution < 1.29 is 9.90 Å². The summed E-state index contributed by atoms with van der Waals surface area (Å²) < 4.78 is 0. The van der Waals surface area contributed by atoms with Gasteiger partial charge in [0.15, 0.2) is 5.13 Å². The molecule has 1 aromatic rings. The van der Waals surface area contributed by atoms with Gasteiger partial charge in [-0.2, -0.15) is 0 Å². The molecular weight excluding hydrogens is 212 g/mol. The van der Waals surface area contributed by atoms with E-state index in [0.29, 0.717) is 5.13 Å². The van der Waals surface area contributed by atoms with Crippen LogP contribution in [0.1, 0.15) is 19.0 Å². The number of anilines is 1. The van der Waals surface area contributed by atoms with Gasteiger partial charge in [0.05, 0.1) is 5.69 Å². The summed E-state index contributed by atoms with van der Waals surface area (Å²) in [7, 11) is 0. The fourth-order valence-corrected chi connectivity index (χ4v) is 1.85. The molecule has 0 aliphatic heterocycles. The quantitative estimate of drug-likeness (QED) is 0.746. The maximum absolute atomic E-state index is 10.8. The van der Waals surface area contributed by atoms with Gasteiger partial charge in [-0.3, -0.25) is 0 Å². The maximum Gasteiger partial charge on any atom is 0.327 e. The second-order valence-corrected chi connectivity index (χ2v) is 3.80. The van der Waals surface area contributed by atoms with Crippen LogP contribution in [0.3, 0.4) is 0 Å². The molecule has 1 rings (SSSR count). The minimum Gasteiger partial charge on any atom is -0.480 e. The van der Waals surface area contributed by atoms with Gasteiger partial charge in [-0.05, 0) is 6.42 Å². The number of thiazole rings is 1. The van der Waals surface area contributed by atoms with Crippen molar-refractivity contribution in [2.24, 2.45) is 0 Å². The molecule has 0 bridgehead atoms. The average molecular weight is 224 g/mol. The van der Waals surface area contributed by atoms with Crippen LogP contribution < -0.4 is 5.32 Å². The summed E-state index contributed by atoms with van der Waals surface area (Å²) in [5, 5.41) is 14.2. The Morgan fingerprint density at radius 3 is 3.07 bits per heavy atom. The predicted octanol–water partition coefficient (Wildman–Crippen LogP) is 1.59. The van der Waals surface area contributed by atoms with E-state index in [4.69, 9.17) is 11.5 Å². The Morgan fingerprint density at radius 1 is 1.87 bits per heavy atom. The minimum atomic E-state index is -0.957. The van der Waals surface area contributed by atoms with Crippen molar-refractivity contribution in [2.75, 3.05) is 5.32 Å². The van der Waals surface area contributed by atoms with E-state index in [9.17, 15) is 4.79 Å². The molecule has 1 heterocycles. The SMILES string of the molecule is C#CCC(Nc1nc(CC)cs1)C(=O)O. The van der Waals surface area contributed by atoms with Gasteiger partial charge in [-0.15, -0.1) is 23.7 Å². The number of carbonyl (C=O) groups is 1. The fourth-order valence-electron chi connectivity index (χ4n) is 1.00. The molecule has 4 nitrogen and oxygen atoms in total. The molecule has 0 aliphatic rings. The number of carboxylic acid groups (broad SMARTS) is 1. The van der Waals surface area contributed by atoms with E-state index in [-0.39, 0.29) is 6.42 Å². The Kier molecular flexibility index (Phi) is 4.13. The lowest BCUT2D eigenvalue weighted by Gasteiger charge is -2.09. The van der Waals surface area contributed by atoms with Crippen LogP contribution in [0.25, 0.3) is 0 Å². The number of terminal acetylenes is 1. The van der Waals surface area contributed by atoms with Gasteiger partial charge in [0.2, 0.25) is 0 Å². The summed E-state index contributed by atoms with van der Waals surface area (Å²) in [6, 6.07) is -0.758. The van der Waals surface area contributed by atoms with Crippen LogP contribution in [0.5, 0.6) is 0 Å². The molecule has 1 aromatic heterocycles. The lowest BCUT2D eigenvalue weighted by molar-refractivity contribution is -0.137. The summed E-state index contributed by atoms with van der Waals surface area (Å²) in [6.07, 6.45) is 6.07. The average Bonchev–Trinajstić information content (AvgIpc) is 2.65. The number of aliphatic carboxylic acids is 1. The second kappa shape index (κ2) is 5.37. The van der Waals surface area contributed by atoms with Crippen LogP contribution in [-0.4, -0.2) is 22.1 Å². The Balaban J connectivity index is 2.66. The first-order valence-electron chi connectivity index (χ1n) is 4.54. The summed E-state index contributed by atoms with van der Waals surface area (Å²) in [4.78, 5) is 15.0. The molecule has 0 spiro atoms. The third-order valence-corrected chi connectivity index (χ3v) is 2.65. The summed E-state index contributed by atoms with van der Waals surface area (Å²) >= 11 is 1.39. The molecule has 15 heavy (non-hydrogen) atoms. The Morgan fingerprint density at radius 2 is 2.60 bits per heavy atom. The van der Waals surface area contributed by atoms with Gasteiger partial charge in [-0.25, -0.2) is 9.78 Å². The zero-order chi connectivity index (χ0) is 11.3. The van der Waals surface area contributed by atoms with Gasteiger partial charge < -0.3 is 10.4 Å². The zero-order valence-electron chi connectivity index (χ0n) is 8.36. The fraction of sp³-hybridized carbons (Fsp3) is 0.400. The standard InChI is InChI=1S/C10H12N2O2S/c1-3-5-8(9(13)14)12-10-11-7(4-2)6-15-10/h1,6,8H,4-5H2,2H3,(H,11,12)(H,13,14). The molecule has 2 N–H and O–H groups in total. The molecule has 0 fully saturated rings. The maximum atomic E-state index is 10.8.